The van der Waals surface area contributed by atoms with E-state index in [-0.39, 0.29) is 30.8 Å². The van der Waals surface area contributed by atoms with E-state index in [4.69, 9.17) is 18.9 Å². The summed E-state index contributed by atoms with van der Waals surface area (Å²) in [6.45, 7) is 5.49. The minimum Gasteiger partial charge on any atom is -0.422 e. The van der Waals surface area contributed by atoms with Crippen LogP contribution in [0.1, 0.15) is 49.5 Å². The number of aliphatic hydroxyl groups is 1. The smallest absolute Gasteiger partial charge is 0.380 e. The van der Waals surface area contributed by atoms with Crippen molar-refractivity contribution in [3.63, 3.8) is 0 Å². The molecule has 3 rings (SSSR count). The van der Waals surface area contributed by atoms with Crippen LogP contribution >= 0.6 is 21.6 Å². The van der Waals surface area contributed by atoms with Crippen molar-refractivity contribution < 1.29 is 24.0 Å². The second kappa shape index (κ2) is 11.1. The minimum absolute atomic E-state index is 0.0117. The van der Waals surface area contributed by atoms with Crippen LogP contribution < -0.4 is 0 Å². The molecule has 5 atom stereocenters. The van der Waals surface area contributed by atoms with Gasteiger partial charge in [-0.1, -0.05) is 30.4 Å². The van der Waals surface area contributed by atoms with E-state index in [1.165, 1.54) is 5.57 Å². The lowest BCUT2D eigenvalue weighted by molar-refractivity contribution is -0.225. The second-order valence-corrected chi connectivity index (χ2v) is 9.15. The van der Waals surface area contributed by atoms with E-state index in [1.807, 2.05) is 24.3 Å². The summed E-state index contributed by atoms with van der Waals surface area (Å²) in [6, 6.07) is 7.72. The fourth-order valence-corrected chi connectivity index (χ4v) is 4.03. The van der Waals surface area contributed by atoms with Gasteiger partial charge < -0.3 is 24.0 Å². The topological polar surface area (TPSA) is 57.2 Å². The highest BCUT2D eigenvalue weighted by molar-refractivity contribution is 8.23. The van der Waals surface area contributed by atoms with Gasteiger partial charge >= 0.3 is 5.91 Å². The summed E-state index contributed by atoms with van der Waals surface area (Å²) in [5, 5.41) is 9.35. The molecule has 0 spiro atoms. The van der Waals surface area contributed by atoms with Crippen molar-refractivity contribution in [1.82, 2.24) is 0 Å². The average molecular weight is 424 g/mol. The fourth-order valence-electron chi connectivity index (χ4n) is 3.79. The molecule has 5 nitrogen and oxygen atoms in total. The van der Waals surface area contributed by atoms with Crippen molar-refractivity contribution in [3.8, 4) is 0 Å². The molecule has 2 aliphatic heterocycles. The Bertz CT molecular complexity index is 647. The molecule has 1 unspecified atom stereocenters. The van der Waals surface area contributed by atoms with Crippen LogP contribution in [0.15, 0.2) is 36.4 Å². The number of hydrogen-bond acceptors (Lipinski definition) is 6. The van der Waals surface area contributed by atoms with Crippen molar-refractivity contribution in [3.05, 3.63) is 47.5 Å². The van der Waals surface area contributed by atoms with Gasteiger partial charge in [-0.25, -0.2) is 0 Å². The average Bonchev–Trinajstić information content (AvgIpc) is 2.67. The van der Waals surface area contributed by atoms with E-state index in [0.29, 0.717) is 13.2 Å². The highest BCUT2D eigenvalue weighted by Crippen LogP contribution is 2.33. The van der Waals surface area contributed by atoms with Gasteiger partial charge in [-0.05, 0) is 37.3 Å². The third kappa shape index (κ3) is 6.84. The number of thiol groups is 1. The molecule has 8 heteroatoms. The number of aliphatic hydroxyl groups excluding tert-OH is 1. The maximum atomic E-state index is 9.35. The molecule has 0 aromatic heterocycles. The maximum Gasteiger partial charge on any atom is 0.380 e. The Labute approximate surface area is 175 Å². The Balaban J connectivity index is 1.52. The van der Waals surface area contributed by atoms with Crippen LogP contribution in [0.5, 0.6) is 0 Å². The fraction of sp³-hybridized carbons (Fsp3) is 0.600. The molecule has 1 aromatic carbocycles. The minimum atomic E-state index is -0.393. The third-order valence-corrected chi connectivity index (χ3v) is 5.44. The summed E-state index contributed by atoms with van der Waals surface area (Å²) in [5.41, 5.74) is 3.03. The molecule has 0 amide bonds. The molecule has 2 saturated heterocycles. The zero-order chi connectivity index (χ0) is 19.9. The zero-order valence-electron chi connectivity index (χ0n) is 16.2. The van der Waals surface area contributed by atoms with Crippen LogP contribution in [0.2, 0.25) is 0 Å². The largest absolute Gasteiger partial charge is 0.422 e. The highest BCUT2D eigenvalue weighted by Gasteiger charge is 2.31. The Morgan fingerprint density at radius 1 is 1.25 bits per heavy atom. The van der Waals surface area contributed by atoms with Crippen molar-refractivity contribution in [1.29, 1.82) is 0 Å². The molecule has 154 valence electrons. The molecule has 28 heavy (non-hydrogen) atoms. The molecular weight excluding hydrogens is 394 g/mol. The second-order valence-electron chi connectivity index (χ2n) is 7.48. The van der Waals surface area contributed by atoms with E-state index in [0.717, 1.165) is 43.2 Å². The summed E-state index contributed by atoms with van der Waals surface area (Å²) in [4.78, 5) is 0. The lowest BCUT2D eigenvalue weighted by Gasteiger charge is -2.36. The molecule has 0 bridgehead atoms. The van der Waals surface area contributed by atoms with E-state index >= 15 is 0 Å². The first-order chi connectivity index (χ1) is 13.5. The molecule has 1 N–H and O–H groups in total. The van der Waals surface area contributed by atoms with Crippen LogP contribution in [-0.2, 0) is 25.5 Å². The molecule has 2 heterocycles. The first-order valence-corrected chi connectivity index (χ1v) is 11.1. The van der Waals surface area contributed by atoms with Gasteiger partial charge in [-0.2, -0.15) is 12.5 Å². The number of ether oxygens (including phenoxy) is 3. The quantitative estimate of drug-likeness (QED) is 0.289. The Morgan fingerprint density at radius 2 is 2.07 bits per heavy atom. The van der Waals surface area contributed by atoms with Crippen molar-refractivity contribution in [2.45, 2.75) is 63.3 Å². The number of benzene rings is 1. The van der Waals surface area contributed by atoms with Gasteiger partial charge in [-0.3, -0.25) is 0 Å². The van der Waals surface area contributed by atoms with Crippen molar-refractivity contribution in [2.24, 2.45) is 0 Å². The first kappa shape index (κ1) is 22.3. The molecule has 2 aliphatic rings. The maximum absolute atomic E-state index is 9.35. The van der Waals surface area contributed by atoms with Crippen molar-refractivity contribution in [2.75, 3.05) is 13.2 Å². The Kier molecular flexibility index (Phi) is 8.85. The summed E-state index contributed by atoms with van der Waals surface area (Å²) < 4.78 is 23.8. The van der Waals surface area contributed by atoms with Gasteiger partial charge in [0.2, 0.25) is 0 Å². The third-order valence-electron chi connectivity index (χ3n) is 5.10. The first-order valence-electron chi connectivity index (χ1n) is 9.87. The van der Waals surface area contributed by atoms with Gasteiger partial charge in [0.25, 0.3) is 0 Å². The Hall–Kier alpha value is -0.395. The monoisotopic (exact) mass is 424 g/mol. The van der Waals surface area contributed by atoms with E-state index < -0.39 is 6.29 Å². The van der Waals surface area contributed by atoms with E-state index in [2.05, 4.69) is 28.2 Å². The summed E-state index contributed by atoms with van der Waals surface area (Å²) >= 11 is 4.21. The van der Waals surface area contributed by atoms with Crippen LogP contribution in [0.4, 0.5) is 0 Å². The van der Waals surface area contributed by atoms with Crippen LogP contribution in [0, 0.1) is 0 Å². The van der Waals surface area contributed by atoms with Gasteiger partial charge in [-0.15, -0.1) is 9.12 Å². The van der Waals surface area contributed by atoms with Crippen LogP contribution in [0.3, 0.4) is 0 Å². The predicted octanol–water partition coefficient (Wildman–Crippen LogP) is 3.67. The molecular formula is C20H30BO5PS. The molecule has 0 aliphatic carbocycles. The van der Waals surface area contributed by atoms with E-state index in [9.17, 15) is 5.11 Å². The standard InChI is InChI=1S/C20H30BO5PS/c1-14-9-17(6-8-24-21(27)28)25-19(10-14)12-18-5-7-23-20(26-18)16-4-2-3-15(11-16)13-22/h2-4,11,17-20,22,28H,1,5-10,12-13,27H2/t17-,18-,19+,20-/m0/s1. The van der Waals surface area contributed by atoms with Crippen LogP contribution in [-0.4, -0.2) is 42.5 Å². The lowest BCUT2D eigenvalue weighted by atomic mass is 9.94. The SMILES string of the molecule is C=C1C[C@H](C[C@@H]2CCO[C@H](c3cccc(CO)c3)O2)O[C@@H](CCOB(P)S)C1. The van der Waals surface area contributed by atoms with Crippen LogP contribution in [0.25, 0.3) is 0 Å². The predicted molar refractivity (Wildman–Crippen MR) is 117 cm³/mol. The molecule has 2 fully saturated rings. The molecule has 0 saturated carbocycles. The summed E-state index contributed by atoms with van der Waals surface area (Å²) in [5.74, 6) is -0.139. The Morgan fingerprint density at radius 3 is 2.86 bits per heavy atom. The van der Waals surface area contributed by atoms with Gasteiger partial charge in [0.1, 0.15) is 0 Å². The summed E-state index contributed by atoms with van der Waals surface area (Å²) in [6.07, 6.45) is 4.22. The van der Waals surface area contributed by atoms with E-state index in [1.54, 1.807) is 0 Å². The van der Waals surface area contributed by atoms with Gasteiger partial charge in [0.05, 0.1) is 31.5 Å². The zero-order valence-corrected chi connectivity index (χ0v) is 18.2. The summed E-state index contributed by atoms with van der Waals surface area (Å²) in [7, 11) is 2.52. The molecule has 1 aromatic rings. The highest BCUT2D eigenvalue weighted by atomic mass is 32.1. The lowest BCUT2D eigenvalue weighted by Crippen LogP contribution is -2.35. The number of hydrogen-bond donors (Lipinski definition) is 2. The number of rotatable bonds is 8. The van der Waals surface area contributed by atoms with Gasteiger partial charge in [0, 0.05) is 18.6 Å². The van der Waals surface area contributed by atoms with Gasteiger partial charge in [0.15, 0.2) is 6.29 Å². The normalized spacial score (nSPS) is 28.3. The van der Waals surface area contributed by atoms with Crippen molar-refractivity contribution >= 4 is 27.5 Å². The molecule has 0 radical (unpaired) electrons.